The monoisotopic (exact) mass is 251 g/mol. The van der Waals surface area contributed by atoms with Gasteiger partial charge in [-0.3, -0.25) is 0 Å². The van der Waals surface area contributed by atoms with E-state index in [4.69, 9.17) is 4.74 Å². The highest BCUT2D eigenvalue weighted by Gasteiger charge is 2.26. The van der Waals surface area contributed by atoms with Crippen molar-refractivity contribution in [2.45, 2.75) is 32.4 Å². The lowest BCUT2D eigenvalue weighted by Crippen LogP contribution is -2.41. The quantitative estimate of drug-likeness (QED) is 0.605. The first-order valence-corrected chi connectivity index (χ1v) is 6.40. The maximum Gasteiger partial charge on any atom is 0.407 e. The number of amides is 1. The zero-order valence-electron chi connectivity index (χ0n) is 9.53. The number of carbonyl (C=O) groups is 1. The zero-order valence-corrected chi connectivity index (χ0v) is 10.3. The van der Waals surface area contributed by atoms with Crippen molar-refractivity contribution >= 4 is 16.3 Å². The Morgan fingerprint density at radius 1 is 1.50 bits per heavy atom. The van der Waals surface area contributed by atoms with Crippen LogP contribution in [0.25, 0.3) is 0 Å². The SMILES string of the molecule is CC(C)(C)OC(=O)NCC1CNS(=O)(=O)N1. The lowest BCUT2D eigenvalue weighted by Gasteiger charge is -2.20. The van der Waals surface area contributed by atoms with E-state index in [0.29, 0.717) is 0 Å². The molecule has 3 N–H and O–H groups in total. The number of rotatable bonds is 2. The number of nitrogens with one attached hydrogen (secondary N) is 3. The van der Waals surface area contributed by atoms with Gasteiger partial charge in [-0.1, -0.05) is 0 Å². The summed E-state index contributed by atoms with van der Waals surface area (Å²) in [6, 6.07) is -0.336. The molecule has 1 saturated heterocycles. The Balaban J connectivity index is 2.29. The Kier molecular flexibility index (Phi) is 3.76. The first-order valence-electron chi connectivity index (χ1n) is 4.92. The van der Waals surface area contributed by atoms with Crippen LogP contribution in [-0.2, 0) is 14.9 Å². The number of hydrogen-bond donors (Lipinski definition) is 3. The summed E-state index contributed by atoms with van der Waals surface area (Å²) in [5, 5.41) is 2.49. The summed E-state index contributed by atoms with van der Waals surface area (Å²) in [6.07, 6.45) is -0.557. The van der Waals surface area contributed by atoms with Crippen LogP contribution in [0.2, 0.25) is 0 Å². The van der Waals surface area contributed by atoms with Crippen LogP contribution in [0, 0.1) is 0 Å². The predicted molar refractivity (Wildman–Crippen MR) is 58.1 cm³/mol. The number of carbonyl (C=O) groups excluding carboxylic acids is 1. The van der Waals surface area contributed by atoms with E-state index in [0.717, 1.165) is 0 Å². The standard InChI is InChI=1S/C8H17N3O4S/c1-8(2,3)15-7(12)9-4-6-5-10-16(13,14)11-6/h6,10-11H,4-5H2,1-3H3,(H,9,12). The lowest BCUT2D eigenvalue weighted by molar-refractivity contribution is 0.0524. The maximum absolute atomic E-state index is 11.2. The molecule has 1 rings (SSSR count). The van der Waals surface area contributed by atoms with Crippen LogP contribution < -0.4 is 14.8 Å². The van der Waals surface area contributed by atoms with Gasteiger partial charge in [0.05, 0.1) is 6.04 Å². The van der Waals surface area contributed by atoms with Crippen LogP contribution in [-0.4, -0.2) is 39.2 Å². The van der Waals surface area contributed by atoms with E-state index >= 15 is 0 Å². The third-order valence-corrected chi connectivity index (χ3v) is 2.92. The van der Waals surface area contributed by atoms with Crippen LogP contribution >= 0.6 is 0 Å². The normalized spacial score (nSPS) is 24.1. The molecular weight excluding hydrogens is 234 g/mol. The first kappa shape index (κ1) is 13.2. The minimum absolute atomic E-state index is 0.196. The minimum atomic E-state index is -3.37. The molecule has 1 amide bonds. The zero-order chi connectivity index (χ0) is 12.4. The third kappa shape index (κ3) is 4.77. The summed E-state index contributed by atoms with van der Waals surface area (Å²) in [4.78, 5) is 11.2. The van der Waals surface area contributed by atoms with E-state index in [2.05, 4.69) is 14.8 Å². The first-order chi connectivity index (χ1) is 7.18. The Labute approximate surface area is 95.1 Å². The van der Waals surface area contributed by atoms with E-state index in [9.17, 15) is 13.2 Å². The average Bonchev–Trinajstić information content (AvgIpc) is 2.39. The Morgan fingerprint density at radius 3 is 2.56 bits per heavy atom. The summed E-state index contributed by atoms with van der Waals surface area (Å²) in [7, 11) is -3.37. The van der Waals surface area contributed by atoms with Gasteiger partial charge >= 0.3 is 6.09 Å². The fraction of sp³-hybridized carbons (Fsp3) is 0.875. The van der Waals surface area contributed by atoms with Crippen LogP contribution in [0.4, 0.5) is 4.79 Å². The van der Waals surface area contributed by atoms with Crippen molar-refractivity contribution in [3.8, 4) is 0 Å². The molecule has 0 aliphatic carbocycles. The maximum atomic E-state index is 11.2. The molecule has 94 valence electrons. The van der Waals surface area contributed by atoms with E-state index in [-0.39, 0.29) is 19.1 Å². The van der Waals surface area contributed by atoms with Crippen LogP contribution in [0.3, 0.4) is 0 Å². The molecule has 0 spiro atoms. The van der Waals surface area contributed by atoms with Gasteiger partial charge in [0, 0.05) is 13.1 Å². The Morgan fingerprint density at radius 2 is 2.12 bits per heavy atom. The van der Waals surface area contributed by atoms with E-state index < -0.39 is 21.9 Å². The molecule has 1 aliphatic heterocycles. The third-order valence-electron chi connectivity index (χ3n) is 1.73. The highest BCUT2D eigenvalue weighted by Crippen LogP contribution is 2.06. The van der Waals surface area contributed by atoms with E-state index in [1.54, 1.807) is 20.8 Å². The van der Waals surface area contributed by atoms with Gasteiger partial charge in [-0.05, 0) is 20.8 Å². The van der Waals surface area contributed by atoms with Gasteiger partial charge in [0.15, 0.2) is 0 Å². The second kappa shape index (κ2) is 4.56. The van der Waals surface area contributed by atoms with Crippen molar-refractivity contribution in [1.82, 2.24) is 14.8 Å². The van der Waals surface area contributed by atoms with Gasteiger partial charge in [0.1, 0.15) is 5.60 Å². The molecule has 0 aromatic carbocycles. The Hall–Kier alpha value is -0.860. The van der Waals surface area contributed by atoms with Gasteiger partial charge in [-0.25, -0.2) is 9.52 Å². The molecular formula is C8H17N3O4S. The van der Waals surface area contributed by atoms with Crippen molar-refractivity contribution in [3.63, 3.8) is 0 Å². The highest BCUT2D eigenvalue weighted by molar-refractivity contribution is 7.87. The van der Waals surface area contributed by atoms with Gasteiger partial charge < -0.3 is 10.1 Å². The molecule has 1 fully saturated rings. The van der Waals surface area contributed by atoms with Crippen molar-refractivity contribution in [3.05, 3.63) is 0 Å². The highest BCUT2D eigenvalue weighted by atomic mass is 32.2. The fourth-order valence-electron chi connectivity index (χ4n) is 1.15. The molecule has 1 aliphatic rings. The van der Waals surface area contributed by atoms with E-state index in [1.165, 1.54) is 0 Å². The molecule has 1 heterocycles. The fourth-order valence-corrected chi connectivity index (χ4v) is 2.26. The molecule has 0 radical (unpaired) electrons. The summed E-state index contributed by atoms with van der Waals surface area (Å²) in [5.41, 5.74) is -0.558. The molecule has 8 heteroatoms. The van der Waals surface area contributed by atoms with Crippen LogP contribution in [0.5, 0.6) is 0 Å². The topological polar surface area (TPSA) is 96.5 Å². The van der Waals surface area contributed by atoms with Gasteiger partial charge in [0.2, 0.25) is 0 Å². The van der Waals surface area contributed by atoms with Crippen molar-refractivity contribution in [2.24, 2.45) is 0 Å². The second-order valence-corrected chi connectivity index (χ2v) is 6.08. The van der Waals surface area contributed by atoms with Crippen LogP contribution in [0.1, 0.15) is 20.8 Å². The predicted octanol–water partition coefficient (Wildman–Crippen LogP) is -0.683. The summed E-state index contributed by atoms with van der Waals surface area (Å²) in [5.74, 6) is 0. The molecule has 0 saturated carbocycles. The summed E-state index contributed by atoms with van der Waals surface area (Å²) >= 11 is 0. The number of hydrogen-bond acceptors (Lipinski definition) is 4. The van der Waals surface area contributed by atoms with E-state index in [1.807, 2.05) is 0 Å². The second-order valence-electron chi connectivity index (χ2n) is 4.55. The molecule has 7 nitrogen and oxygen atoms in total. The molecule has 0 bridgehead atoms. The largest absolute Gasteiger partial charge is 0.444 e. The molecule has 16 heavy (non-hydrogen) atoms. The van der Waals surface area contributed by atoms with Crippen molar-refractivity contribution < 1.29 is 17.9 Å². The molecule has 1 unspecified atom stereocenters. The van der Waals surface area contributed by atoms with Crippen molar-refractivity contribution in [1.29, 1.82) is 0 Å². The van der Waals surface area contributed by atoms with Gasteiger partial charge in [-0.15, -0.1) is 0 Å². The average molecular weight is 251 g/mol. The van der Waals surface area contributed by atoms with Gasteiger partial charge in [-0.2, -0.15) is 13.1 Å². The summed E-state index contributed by atoms with van der Waals surface area (Å²) < 4.78 is 31.5. The lowest BCUT2D eigenvalue weighted by atomic mass is 10.2. The van der Waals surface area contributed by atoms with Crippen LogP contribution in [0.15, 0.2) is 0 Å². The minimum Gasteiger partial charge on any atom is -0.444 e. The number of ether oxygens (including phenoxy) is 1. The Bertz CT molecular complexity index is 360. The molecule has 1 atom stereocenters. The number of alkyl carbamates (subject to hydrolysis) is 1. The molecule has 0 aromatic heterocycles. The van der Waals surface area contributed by atoms with Crippen molar-refractivity contribution in [2.75, 3.05) is 13.1 Å². The molecule has 0 aromatic rings. The van der Waals surface area contributed by atoms with Gasteiger partial charge in [0.25, 0.3) is 10.2 Å². The summed E-state index contributed by atoms with van der Waals surface area (Å²) in [6.45, 7) is 5.73. The smallest absolute Gasteiger partial charge is 0.407 e.